The van der Waals surface area contributed by atoms with E-state index in [1.54, 1.807) is 18.2 Å². The van der Waals surface area contributed by atoms with E-state index in [1.807, 2.05) is 6.07 Å². The van der Waals surface area contributed by atoms with Gasteiger partial charge in [0.1, 0.15) is 0 Å². The number of rotatable bonds is 3. The molecule has 1 aliphatic rings. The number of sulfone groups is 1. The Hall–Kier alpha value is -0.390. The minimum absolute atomic E-state index is 0.250. The molecule has 106 valence electrons. The van der Waals surface area contributed by atoms with Crippen LogP contribution in [0.2, 0.25) is 0 Å². The van der Waals surface area contributed by atoms with E-state index >= 15 is 0 Å². The fourth-order valence-corrected chi connectivity index (χ4v) is 5.82. The summed E-state index contributed by atoms with van der Waals surface area (Å²) in [6, 6.07) is 6.74. The number of hydrogen-bond donors (Lipinski definition) is 1. The van der Waals surface area contributed by atoms with Crippen molar-refractivity contribution >= 4 is 25.8 Å². The number of benzene rings is 1. The van der Waals surface area contributed by atoms with E-state index in [0.717, 1.165) is 19.3 Å². The van der Waals surface area contributed by atoms with Gasteiger partial charge in [0, 0.05) is 10.5 Å². The maximum Gasteiger partial charge on any atom is 0.183 e. The quantitative estimate of drug-likeness (QED) is 0.915. The molecule has 1 aromatic rings. The predicted octanol–water partition coefficient (Wildman–Crippen LogP) is 3.13. The van der Waals surface area contributed by atoms with E-state index in [1.165, 1.54) is 0 Å². The van der Waals surface area contributed by atoms with E-state index in [9.17, 15) is 8.42 Å². The average Bonchev–Trinajstić information content (AvgIpc) is 2.39. The Morgan fingerprint density at radius 3 is 2.63 bits per heavy atom. The van der Waals surface area contributed by atoms with Gasteiger partial charge in [-0.1, -0.05) is 25.5 Å². The lowest BCUT2D eigenvalue weighted by atomic mass is 9.84. The summed E-state index contributed by atoms with van der Waals surface area (Å²) >= 11 is 3.33. The largest absolute Gasteiger partial charge is 0.327 e. The summed E-state index contributed by atoms with van der Waals surface area (Å²) in [6.45, 7) is 2.11. The van der Waals surface area contributed by atoms with E-state index in [0.29, 0.717) is 21.7 Å². The van der Waals surface area contributed by atoms with Gasteiger partial charge in [-0.2, -0.15) is 0 Å². The van der Waals surface area contributed by atoms with Crippen LogP contribution < -0.4 is 5.73 Å². The second-order valence-electron chi connectivity index (χ2n) is 5.27. The summed E-state index contributed by atoms with van der Waals surface area (Å²) in [5.74, 6) is 0.474. The van der Waals surface area contributed by atoms with Crippen molar-refractivity contribution in [2.45, 2.75) is 48.8 Å². The van der Waals surface area contributed by atoms with Gasteiger partial charge in [0.25, 0.3) is 0 Å². The second kappa shape index (κ2) is 5.94. The van der Waals surface area contributed by atoms with Gasteiger partial charge < -0.3 is 5.73 Å². The zero-order chi connectivity index (χ0) is 14.0. The molecule has 0 radical (unpaired) electrons. The summed E-state index contributed by atoms with van der Waals surface area (Å²) in [7, 11) is -3.36. The van der Waals surface area contributed by atoms with E-state index in [-0.39, 0.29) is 6.04 Å². The van der Waals surface area contributed by atoms with Crippen LogP contribution >= 0.6 is 15.9 Å². The van der Waals surface area contributed by atoms with Gasteiger partial charge in [-0.25, -0.2) is 8.42 Å². The summed E-state index contributed by atoms with van der Waals surface area (Å²) < 4.78 is 26.2. The lowest BCUT2D eigenvalue weighted by Crippen LogP contribution is -2.45. The fourth-order valence-electron chi connectivity index (χ4n) is 2.80. The lowest BCUT2D eigenvalue weighted by Gasteiger charge is -2.33. The van der Waals surface area contributed by atoms with Crippen molar-refractivity contribution in [1.29, 1.82) is 0 Å². The minimum Gasteiger partial charge on any atom is -0.327 e. The first-order chi connectivity index (χ1) is 8.96. The van der Waals surface area contributed by atoms with Crippen LogP contribution in [0.1, 0.15) is 32.6 Å². The molecule has 0 saturated heterocycles. The molecule has 1 aromatic carbocycles. The fraction of sp³-hybridized carbons (Fsp3) is 0.571. The van der Waals surface area contributed by atoms with Crippen LogP contribution in [0, 0.1) is 5.92 Å². The summed E-state index contributed by atoms with van der Waals surface area (Å²) in [5, 5.41) is -0.454. The zero-order valence-corrected chi connectivity index (χ0v) is 13.5. The third-order valence-corrected chi connectivity index (χ3v) is 7.33. The predicted molar refractivity (Wildman–Crippen MR) is 80.7 cm³/mol. The van der Waals surface area contributed by atoms with E-state index in [2.05, 4.69) is 22.9 Å². The first kappa shape index (κ1) is 15.0. The van der Waals surface area contributed by atoms with Gasteiger partial charge in [-0.15, -0.1) is 0 Å². The van der Waals surface area contributed by atoms with Crippen molar-refractivity contribution in [1.82, 2.24) is 0 Å². The highest BCUT2D eigenvalue weighted by Crippen LogP contribution is 2.35. The molecule has 1 aliphatic carbocycles. The van der Waals surface area contributed by atoms with Crippen LogP contribution in [0.3, 0.4) is 0 Å². The third kappa shape index (κ3) is 3.03. The van der Waals surface area contributed by atoms with Crippen LogP contribution in [0.25, 0.3) is 0 Å². The van der Waals surface area contributed by atoms with Crippen molar-refractivity contribution in [3.8, 4) is 0 Å². The normalized spacial score (nSPS) is 28.3. The molecule has 3 nitrogen and oxygen atoms in total. The van der Waals surface area contributed by atoms with Gasteiger partial charge in [-0.3, -0.25) is 0 Å². The summed E-state index contributed by atoms with van der Waals surface area (Å²) in [4.78, 5) is 0.368. The molecule has 0 amide bonds. The maximum absolute atomic E-state index is 12.8. The van der Waals surface area contributed by atoms with Gasteiger partial charge >= 0.3 is 0 Å². The molecule has 5 heteroatoms. The molecule has 1 saturated carbocycles. The Labute approximate surface area is 123 Å². The molecule has 2 N–H and O–H groups in total. The lowest BCUT2D eigenvalue weighted by molar-refractivity contribution is 0.319. The molecule has 3 atom stereocenters. The highest BCUT2D eigenvalue weighted by Gasteiger charge is 2.38. The molecule has 0 bridgehead atoms. The molecule has 0 heterocycles. The van der Waals surface area contributed by atoms with Crippen molar-refractivity contribution in [3.05, 3.63) is 28.7 Å². The Bertz CT molecular complexity index is 544. The number of nitrogens with two attached hydrogens (primary N) is 1. The first-order valence-corrected chi connectivity index (χ1v) is 9.04. The zero-order valence-electron chi connectivity index (χ0n) is 11.0. The molecular weight excluding hydrogens is 326 g/mol. The maximum atomic E-state index is 12.8. The van der Waals surface area contributed by atoms with E-state index in [4.69, 9.17) is 5.73 Å². The summed E-state index contributed by atoms with van der Waals surface area (Å²) in [5.41, 5.74) is 6.07. The summed E-state index contributed by atoms with van der Waals surface area (Å²) in [6.07, 6.45) is 3.54. The monoisotopic (exact) mass is 345 g/mol. The standard InChI is InChI=1S/C14H20BrNO2S/c1-2-10-7-8-12(16)14(9-10)19(17,18)13-6-4-3-5-11(13)15/h3-6,10,12,14H,2,7-9,16H2,1H3. The van der Waals surface area contributed by atoms with Crippen LogP contribution in [-0.2, 0) is 9.84 Å². The highest BCUT2D eigenvalue weighted by atomic mass is 79.9. The molecule has 1 fully saturated rings. The third-order valence-electron chi connectivity index (χ3n) is 4.07. The Morgan fingerprint density at radius 1 is 1.32 bits per heavy atom. The minimum atomic E-state index is -3.36. The smallest absolute Gasteiger partial charge is 0.183 e. The van der Waals surface area contributed by atoms with Crippen molar-refractivity contribution < 1.29 is 8.42 Å². The van der Waals surface area contributed by atoms with Gasteiger partial charge in [0.15, 0.2) is 9.84 Å². The van der Waals surface area contributed by atoms with Gasteiger partial charge in [-0.05, 0) is 53.2 Å². The topological polar surface area (TPSA) is 60.2 Å². The highest BCUT2D eigenvalue weighted by molar-refractivity contribution is 9.10. The molecule has 2 rings (SSSR count). The van der Waals surface area contributed by atoms with Crippen LogP contribution in [0.5, 0.6) is 0 Å². The van der Waals surface area contributed by atoms with Gasteiger partial charge in [0.2, 0.25) is 0 Å². The Kier molecular flexibility index (Phi) is 4.69. The van der Waals surface area contributed by atoms with E-state index < -0.39 is 15.1 Å². The SMILES string of the molecule is CCC1CCC(N)C(S(=O)(=O)c2ccccc2Br)C1. The number of halogens is 1. The molecule has 19 heavy (non-hydrogen) atoms. The number of hydrogen-bond acceptors (Lipinski definition) is 3. The molecule has 3 unspecified atom stereocenters. The van der Waals surface area contributed by atoms with Gasteiger partial charge in [0.05, 0.1) is 10.1 Å². The van der Waals surface area contributed by atoms with Crippen molar-refractivity contribution in [2.24, 2.45) is 11.7 Å². The van der Waals surface area contributed by atoms with Crippen molar-refractivity contribution in [2.75, 3.05) is 0 Å². The Balaban J connectivity index is 2.36. The van der Waals surface area contributed by atoms with Crippen LogP contribution in [-0.4, -0.2) is 19.7 Å². The molecule has 0 spiro atoms. The van der Waals surface area contributed by atoms with Crippen molar-refractivity contribution in [3.63, 3.8) is 0 Å². The van der Waals surface area contributed by atoms with Crippen LogP contribution in [0.4, 0.5) is 0 Å². The van der Waals surface area contributed by atoms with Crippen LogP contribution in [0.15, 0.2) is 33.6 Å². The average molecular weight is 346 g/mol. The first-order valence-electron chi connectivity index (χ1n) is 6.70. The Morgan fingerprint density at radius 2 is 2.00 bits per heavy atom. The molecule has 0 aliphatic heterocycles. The molecular formula is C14H20BrNO2S. The second-order valence-corrected chi connectivity index (χ2v) is 8.25. The molecule has 0 aromatic heterocycles.